The van der Waals surface area contributed by atoms with E-state index >= 15 is 0 Å². The van der Waals surface area contributed by atoms with Crippen molar-refractivity contribution in [3.05, 3.63) is 48.0 Å². The quantitative estimate of drug-likeness (QED) is 0.789. The van der Waals surface area contributed by atoms with E-state index in [1.165, 1.54) is 6.92 Å². The first kappa shape index (κ1) is 18.8. The maximum atomic E-state index is 12.2. The van der Waals surface area contributed by atoms with Gasteiger partial charge >= 0.3 is 0 Å². The largest absolute Gasteiger partial charge is 0.404 e. The smallest absolute Gasteiger partial charge is 0.193 e. The number of Topliss-reactive ketones (excluding diaryl/α,β-unsaturated/α-hetero) is 1. The summed E-state index contributed by atoms with van der Waals surface area (Å²) in [6.07, 6.45) is -1.78. The van der Waals surface area contributed by atoms with Gasteiger partial charge in [0.05, 0.1) is 0 Å². The summed E-state index contributed by atoms with van der Waals surface area (Å²) in [6.45, 7) is 12.0. The molecule has 0 saturated heterocycles. The molecule has 0 spiro atoms. The van der Waals surface area contributed by atoms with Crippen LogP contribution in [-0.4, -0.2) is 25.3 Å². The Morgan fingerprint density at radius 2 is 1.67 bits per heavy atom. The average molecular weight is 345 g/mol. The number of rotatable bonds is 5. The fourth-order valence-corrected chi connectivity index (χ4v) is 3.71. The van der Waals surface area contributed by atoms with E-state index in [-0.39, 0.29) is 10.8 Å². The molecule has 2 aromatic carbocycles. The molecule has 1 N–H and O–H groups in total. The maximum absolute atomic E-state index is 12.2. The fourth-order valence-electron chi connectivity index (χ4n) is 2.43. The topological polar surface area (TPSA) is 46.5 Å². The molecule has 0 saturated carbocycles. The van der Waals surface area contributed by atoms with Gasteiger partial charge in [0, 0.05) is 0 Å². The van der Waals surface area contributed by atoms with Crippen LogP contribution in [0.15, 0.2) is 42.5 Å². The van der Waals surface area contributed by atoms with Gasteiger partial charge in [-0.3, -0.25) is 4.79 Å². The van der Waals surface area contributed by atoms with Gasteiger partial charge in [-0.1, -0.05) is 57.2 Å². The van der Waals surface area contributed by atoms with Gasteiger partial charge in [0.1, 0.15) is 12.2 Å². The highest BCUT2D eigenvalue weighted by atomic mass is 28.4. The molecule has 0 radical (unpaired) electrons. The van der Waals surface area contributed by atoms with E-state index in [0.717, 1.165) is 10.8 Å². The second-order valence-corrected chi connectivity index (χ2v) is 12.7. The number of carbonyl (C=O) groups excluding carboxylic acids is 1. The Kier molecular flexibility index (Phi) is 5.33. The molecule has 0 heterocycles. The van der Waals surface area contributed by atoms with Crippen molar-refractivity contribution in [2.45, 2.75) is 58.0 Å². The molecular formula is C20H28O3Si. The second-order valence-electron chi connectivity index (χ2n) is 7.96. The van der Waals surface area contributed by atoms with Crippen LogP contribution < -0.4 is 0 Å². The predicted octanol–water partition coefficient (Wildman–Crippen LogP) is 4.85. The molecule has 2 rings (SSSR count). The molecule has 0 bridgehead atoms. The highest BCUT2D eigenvalue weighted by Crippen LogP contribution is 2.39. The number of aliphatic hydroxyl groups is 1. The maximum Gasteiger partial charge on any atom is 0.193 e. The molecule has 130 valence electrons. The van der Waals surface area contributed by atoms with Crippen LogP contribution in [0.4, 0.5) is 0 Å². The van der Waals surface area contributed by atoms with Gasteiger partial charge in [-0.25, -0.2) is 0 Å². The van der Waals surface area contributed by atoms with Crippen LogP contribution in [0.3, 0.4) is 0 Å². The molecule has 0 aromatic heterocycles. The van der Waals surface area contributed by atoms with E-state index in [1.54, 1.807) is 0 Å². The van der Waals surface area contributed by atoms with Gasteiger partial charge in [0.2, 0.25) is 0 Å². The Labute approximate surface area is 145 Å². The van der Waals surface area contributed by atoms with Crippen molar-refractivity contribution >= 4 is 24.9 Å². The Morgan fingerprint density at radius 3 is 2.21 bits per heavy atom. The van der Waals surface area contributed by atoms with Crippen LogP contribution in [0.2, 0.25) is 18.1 Å². The SMILES string of the molecule is CC(=O)[C@H](O[Si](C)(C)C(C)(C)C)[C@@H](O)c1ccc2ccccc2c1. The first-order valence-corrected chi connectivity index (χ1v) is 11.3. The van der Waals surface area contributed by atoms with E-state index < -0.39 is 20.5 Å². The number of aliphatic hydroxyl groups excluding tert-OH is 1. The highest BCUT2D eigenvalue weighted by molar-refractivity contribution is 6.74. The minimum Gasteiger partial charge on any atom is -0.404 e. The lowest BCUT2D eigenvalue weighted by atomic mass is 9.99. The average Bonchev–Trinajstić information content (AvgIpc) is 2.50. The number of benzene rings is 2. The molecule has 0 fully saturated rings. The van der Waals surface area contributed by atoms with Gasteiger partial charge < -0.3 is 9.53 Å². The van der Waals surface area contributed by atoms with E-state index in [2.05, 4.69) is 33.9 Å². The molecule has 0 amide bonds. The monoisotopic (exact) mass is 344 g/mol. The summed E-state index contributed by atoms with van der Waals surface area (Å²) in [5, 5.41) is 12.9. The lowest BCUT2D eigenvalue weighted by Gasteiger charge is -2.39. The Bertz CT molecular complexity index is 731. The Hall–Kier alpha value is -1.49. The zero-order valence-corrected chi connectivity index (χ0v) is 16.5. The van der Waals surface area contributed by atoms with Crippen molar-refractivity contribution < 1.29 is 14.3 Å². The van der Waals surface area contributed by atoms with Crippen LogP contribution in [0, 0.1) is 0 Å². The van der Waals surface area contributed by atoms with Crippen molar-refractivity contribution in [2.75, 3.05) is 0 Å². The fraction of sp³-hybridized carbons (Fsp3) is 0.450. The lowest BCUT2D eigenvalue weighted by molar-refractivity contribution is -0.129. The number of carbonyl (C=O) groups is 1. The molecule has 4 heteroatoms. The van der Waals surface area contributed by atoms with Crippen LogP contribution in [0.5, 0.6) is 0 Å². The summed E-state index contributed by atoms with van der Waals surface area (Å²) in [5.41, 5.74) is 0.715. The molecule has 3 nitrogen and oxygen atoms in total. The van der Waals surface area contributed by atoms with Gasteiger partial charge in [-0.05, 0) is 47.5 Å². The van der Waals surface area contributed by atoms with Crippen molar-refractivity contribution in [2.24, 2.45) is 0 Å². The van der Waals surface area contributed by atoms with Gasteiger partial charge in [0.15, 0.2) is 14.1 Å². The highest BCUT2D eigenvalue weighted by Gasteiger charge is 2.42. The Morgan fingerprint density at radius 1 is 1.08 bits per heavy atom. The molecule has 2 atom stereocenters. The zero-order valence-electron chi connectivity index (χ0n) is 15.5. The normalized spacial score (nSPS) is 15.3. The van der Waals surface area contributed by atoms with Crippen molar-refractivity contribution in [3.8, 4) is 0 Å². The minimum absolute atomic E-state index is 0.0240. The first-order chi connectivity index (χ1) is 11.0. The van der Waals surface area contributed by atoms with Crippen LogP contribution >= 0.6 is 0 Å². The van der Waals surface area contributed by atoms with Crippen molar-refractivity contribution in [1.29, 1.82) is 0 Å². The van der Waals surface area contributed by atoms with Crippen LogP contribution in [-0.2, 0) is 9.22 Å². The number of ketones is 1. The lowest BCUT2D eigenvalue weighted by Crippen LogP contribution is -2.47. The van der Waals surface area contributed by atoms with Gasteiger partial charge in [0.25, 0.3) is 0 Å². The van der Waals surface area contributed by atoms with Gasteiger partial charge in [-0.2, -0.15) is 0 Å². The second kappa shape index (κ2) is 6.79. The molecule has 0 unspecified atom stereocenters. The molecule has 0 aliphatic carbocycles. The van der Waals surface area contributed by atoms with E-state index in [1.807, 2.05) is 42.5 Å². The summed E-state index contributed by atoms with van der Waals surface area (Å²) >= 11 is 0. The number of fused-ring (bicyclic) bond motifs is 1. The minimum atomic E-state index is -2.16. The third-order valence-corrected chi connectivity index (χ3v) is 9.49. The summed E-state index contributed by atoms with van der Waals surface area (Å²) in [4.78, 5) is 12.2. The van der Waals surface area contributed by atoms with Gasteiger partial charge in [-0.15, -0.1) is 0 Å². The van der Waals surface area contributed by atoms with E-state index in [0.29, 0.717) is 5.56 Å². The van der Waals surface area contributed by atoms with E-state index in [9.17, 15) is 9.90 Å². The number of hydrogen-bond donors (Lipinski definition) is 1. The van der Waals surface area contributed by atoms with Crippen molar-refractivity contribution in [3.63, 3.8) is 0 Å². The molecule has 0 aliphatic rings. The third-order valence-electron chi connectivity index (χ3n) is 5.03. The number of hydrogen-bond acceptors (Lipinski definition) is 3. The third kappa shape index (κ3) is 3.94. The first-order valence-electron chi connectivity index (χ1n) is 8.38. The zero-order chi connectivity index (χ0) is 18.1. The standard InChI is InChI=1S/C20H28O3Si/c1-14(21)19(23-24(5,6)20(2,3)4)18(22)17-12-11-15-9-7-8-10-16(15)13-17/h7-13,18-19,22H,1-6H3/t18-,19-/m0/s1. The molecule has 0 aliphatic heterocycles. The molecular weight excluding hydrogens is 316 g/mol. The van der Waals surface area contributed by atoms with Crippen LogP contribution in [0.1, 0.15) is 39.4 Å². The summed E-state index contributed by atoms with van der Waals surface area (Å²) in [5.74, 6) is -0.138. The van der Waals surface area contributed by atoms with E-state index in [4.69, 9.17) is 4.43 Å². The molecule has 24 heavy (non-hydrogen) atoms. The predicted molar refractivity (Wildman–Crippen MR) is 102 cm³/mol. The molecule has 2 aromatic rings. The summed E-state index contributed by atoms with van der Waals surface area (Å²) in [7, 11) is -2.16. The van der Waals surface area contributed by atoms with Crippen LogP contribution in [0.25, 0.3) is 10.8 Å². The Balaban J connectivity index is 2.34. The summed E-state index contributed by atoms with van der Waals surface area (Å²) < 4.78 is 6.23. The van der Waals surface area contributed by atoms with Crippen molar-refractivity contribution in [1.82, 2.24) is 0 Å². The summed E-state index contributed by atoms with van der Waals surface area (Å²) in [6, 6.07) is 13.8.